The molecule has 2 aromatic rings. The van der Waals surface area contributed by atoms with Gasteiger partial charge in [0.2, 0.25) is 0 Å². The lowest BCUT2D eigenvalue weighted by Gasteiger charge is -2.34. The smallest absolute Gasteiger partial charge is 0.336 e. The van der Waals surface area contributed by atoms with Crippen molar-refractivity contribution in [3.05, 3.63) is 86.0 Å². The van der Waals surface area contributed by atoms with Crippen molar-refractivity contribution in [2.45, 2.75) is 45.6 Å². The van der Waals surface area contributed by atoms with Crippen LogP contribution < -0.4 is 14.8 Å². The summed E-state index contributed by atoms with van der Waals surface area (Å²) >= 11 is 0. The molecule has 0 amide bonds. The second kappa shape index (κ2) is 10.8. The summed E-state index contributed by atoms with van der Waals surface area (Å²) in [5, 5.41) is 14.6. The van der Waals surface area contributed by atoms with E-state index in [1.54, 1.807) is 32.0 Å². The van der Waals surface area contributed by atoms with E-state index in [0.717, 1.165) is 23.9 Å². The molecule has 0 radical (unpaired) electrons. The first-order valence-corrected chi connectivity index (χ1v) is 11.9. The highest BCUT2D eigenvalue weighted by Crippen LogP contribution is 2.43. The molecule has 1 N–H and O–H groups in total. The predicted octanol–water partition coefficient (Wildman–Crippen LogP) is 4.85. The molecule has 2 aliphatic rings. The van der Waals surface area contributed by atoms with Gasteiger partial charge >= 0.3 is 11.7 Å². The first kappa shape index (κ1) is 25.9. The zero-order valence-corrected chi connectivity index (χ0v) is 20.8. The number of methoxy groups -OCH3 is 1. The van der Waals surface area contributed by atoms with Gasteiger partial charge in [-0.3, -0.25) is 14.9 Å². The van der Waals surface area contributed by atoms with E-state index in [2.05, 4.69) is 5.32 Å². The van der Waals surface area contributed by atoms with E-state index in [4.69, 9.17) is 14.2 Å². The van der Waals surface area contributed by atoms with Crippen molar-refractivity contribution < 1.29 is 33.1 Å². The number of hydrogen-bond donors (Lipinski definition) is 1. The van der Waals surface area contributed by atoms with Gasteiger partial charge in [0.1, 0.15) is 18.2 Å². The van der Waals surface area contributed by atoms with Gasteiger partial charge in [-0.2, -0.15) is 0 Å². The molecule has 1 unspecified atom stereocenters. The number of nitrogens with zero attached hydrogens (tertiary/aromatic N) is 1. The van der Waals surface area contributed by atoms with Crippen LogP contribution in [0, 0.1) is 15.9 Å². The molecule has 1 aliphatic heterocycles. The number of hydrogen-bond acceptors (Lipinski definition) is 8. The number of dihydropyridines is 1. The lowest BCUT2D eigenvalue weighted by atomic mass is 9.75. The topological polar surface area (TPSA) is 117 Å². The monoisotopic (exact) mass is 510 g/mol. The summed E-state index contributed by atoms with van der Waals surface area (Å²) < 4.78 is 30.2. The number of ketones is 1. The van der Waals surface area contributed by atoms with E-state index < -0.39 is 22.6 Å². The van der Waals surface area contributed by atoms with Crippen LogP contribution in [-0.4, -0.2) is 30.4 Å². The van der Waals surface area contributed by atoms with Crippen molar-refractivity contribution >= 4 is 17.4 Å². The van der Waals surface area contributed by atoms with Gasteiger partial charge in [0.15, 0.2) is 11.5 Å². The molecule has 0 bridgehead atoms. The van der Waals surface area contributed by atoms with Gasteiger partial charge in [-0.25, -0.2) is 9.18 Å². The fraction of sp³-hybridized carbons (Fsp3) is 0.333. The van der Waals surface area contributed by atoms with Crippen LogP contribution in [0.1, 0.15) is 50.2 Å². The molecular formula is C27H27FN2O7. The third-order valence-corrected chi connectivity index (χ3v) is 6.41. The molecule has 9 nitrogen and oxygen atoms in total. The highest BCUT2D eigenvalue weighted by atomic mass is 19.1. The fourth-order valence-electron chi connectivity index (χ4n) is 4.80. The van der Waals surface area contributed by atoms with Crippen LogP contribution in [0.25, 0.3) is 0 Å². The Labute approximate surface area is 213 Å². The summed E-state index contributed by atoms with van der Waals surface area (Å²) in [5.41, 5.74) is 3.03. The highest BCUT2D eigenvalue weighted by molar-refractivity contribution is 6.03. The summed E-state index contributed by atoms with van der Waals surface area (Å²) in [5.74, 6) is -1.71. The van der Waals surface area contributed by atoms with Crippen LogP contribution in [-0.2, 0) is 20.9 Å². The quantitative estimate of drug-likeness (QED) is 0.304. The van der Waals surface area contributed by atoms with Gasteiger partial charge in [-0.15, -0.1) is 0 Å². The lowest BCUT2D eigenvalue weighted by molar-refractivity contribution is -0.386. The Kier molecular flexibility index (Phi) is 7.56. The number of carbonyl (C=O) groups is 2. The lowest BCUT2D eigenvalue weighted by Crippen LogP contribution is -2.34. The number of nitro benzene ring substituents is 1. The van der Waals surface area contributed by atoms with Crippen LogP contribution in [0.5, 0.6) is 11.5 Å². The maximum Gasteiger partial charge on any atom is 0.336 e. The van der Waals surface area contributed by atoms with Crippen molar-refractivity contribution in [1.82, 2.24) is 5.32 Å². The summed E-state index contributed by atoms with van der Waals surface area (Å²) in [6, 6.07) is 8.16. The van der Waals surface area contributed by atoms with E-state index in [9.17, 15) is 24.1 Å². The molecule has 37 heavy (non-hydrogen) atoms. The van der Waals surface area contributed by atoms with Crippen molar-refractivity contribution in [1.29, 1.82) is 0 Å². The molecule has 0 saturated heterocycles. The Morgan fingerprint density at radius 2 is 1.97 bits per heavy atom. The van der Waals surface area contributed by atoms with Gasteiger partial charge in [-0.05, 0) is 50.5 Å². The second-order valence-electron chi connectivity index (χ2n) is 8.72. The normalized spacial score (nSPS) is 17.2. The van der Waals surface area contributed by atoms with Gasteiger partial charge in [0, 0.05) is 47.0 Å². The molecule has 194 valence electrons. The third kappa shape index (κ3) is 5.18. The molecular weight excluding hydrogens is 483 g/mol. The molecule has 2 aromatic carbocycles. The first-order valence-electron chi connectivity index (χ1n) is 11.9. The minimum Gasteiger partial charge on any atom is -0.496 e. The molecule has 1 aliphatic carbocycles. The predicted molar refractivity (Wildman–Crippen MR) is 131 cm³/mol. The Hall–Kier alpha value is -4.21. The van der Waals surface area contributed by atoms with Crippen LogP contribution >= 0.6 is 0 Å². The van der Waals surface area contributed by atoms with Gasteiger partial charge in [0.25, 0.3) is 0 Å². The minimum atomic E-state index is -0.675. The number of allylic oxidation sites excluding steroid dienone is 3. The van der Waals surface area contributed by atoms with Crippen LogP contribution in [0.2, 0.25) is 0 Å². The fourth-order valence-corrected chi connectivity index (χ4v) is 4.80. The Balaban J connectivity index is 1.77. The standard InChI is InChI=1S/C27H27FN2O7/c1-4-36-27(32)24-15(2)29-19-6-5-7-21(31)26(19)25(24)16-8-11-22(35-3)17(12-16)14-37-23-13-18(28)9-10-20(23)30(33)34/h8-13,25,29H,4-7,14H2,1-3H3. The van der Waals surface area contributed by atoms with E-state index in [0.29, 0.717) is 53.0 Å². The summed E-state index contributed by atoms with van der Waals surface area (Å²) in [4.78, 5) is 36.8. The first-order chi connectivity index (χ1) is 17.7. The highest BCUT2D eigenvalue weighted by Gasteiger charge is 2.39. The van der Waals surface area contributed by atoms with E-state index >= 15 is 0 Å². The number of halogens is 1. The molecule has 0 saturated carbocycles. The van der Waals surface area contributed by atoms with Crippen molar-refractivity contribution in [2.24, 2.45) is 0 Å². The van der Waals surface area contributed by atoms with E-state index in [1.807, 2.05) is 0 Å². The number of nitrogens with one attached hydrogen (secondary N) is 1. The van der Waals surface area contributed by atoms with E-state index in [1.165, 1.54) is 7.11 Å². The maximum atomic E-state index is 13.8. The van der Waals surface area contributed by atoms with Gasteiger partial charge < -0.3 is 19.5 Å². The zero-order chi connectivity index (χ0) is 26.7. The molecule has 0 spiro atoms. The van der Waals surface area contributed by atoms with Gasteiger partial charge in [0.05, 0.1) is 24.2 Å². The number of rotatable bonds is 8. The Morgan fingerprint density at radius 1 is 1.19 bits per heavy atom. The van der Waals surface area contributed by atoms with Crippen LogP contribution in [0.4, 0.5) is 10.1 Å². The average Bonchev–Trinajstić information content (AvgIpc) is 2.86. The Morgan fingerprint density at radius 3 is 2.68 bits per heavy atom. The average molecular weight is 511 g/mol. The summed E-state index contributed by atoms with van der Waals surface area (Å²) in [6.45, 7) is 3.49. The number of ether oxygens (including phenoxy) is 3. The largest absolute Gasteiger partial charge is 0.496 e. The zero-order valence-electron chi connectivity index (χ0n) is 20.8. The number of Topliss-reactive ketones (excluding diaryl/α,β-unsaturated/α-hetero) is 1. The number of esters is 1. The van der Waals surface area contributed by atoms with Crippen molar-refractivity contribution in [3.8, 4) is 11.5 Å². The van der Waals surface area contributed by atoms with Gasteiger partial charge in [-0.1, -0.05) is 6.07 Å². The summed E-state index contributed by atoms with van der Waals surface area (Å²) in [7, 11) is 1.47. The molecule has 1 atom stereocenters. The number of benzene rings is 2. The molecule has 4 rings (SSSR count). The molecule has 0 aromatic heterocycles. The summed E-state index contributed by atoms with van der Waals surface area (Å²) in [6.07, 6.45) is 1.77. The van der Waals surface area contributed by atoms with Crippen LogP contribution in [0.15, 0.2) is 58.9 Å². The minimum absolute atomic E-state index is 0.0444. The molecule has 10 heteroatoms. The second-order valence-corrected chi connectivity index (χ2v) is 8.72. The molecule has 0 fully saturated rings. The SMILES string of the molecule is CCOC(=O)C1=C(C)NC2=C(C(=O)CCC2)C1c1ccc(OC)c(COc2cc(F)ccc2[N+](=O)[O-])c1. The number of carbonyl (C=O) groups excluding carboxylic acids is 2. The Bertz CT molecular complexity index is 1330. The van der Waals surface area contributed by atoms with E-state index in [-0.39, 0.29) is 30.4 Å². The third-order valence-electron chi connectivity index (χ3n) is 6.41. The number of nitro groups is 1. The molecule has 1 heterocycles. The van der Waals surface area contributed by atoms with Crippen LogP contribution in [0.3, 0.4) is 0 Å². The maximum absolute atomic E-state index is 13.8. The van der Waals surface area contributed by atoms with Crippen molar-refractivity contribution in [3.63, 3.8) is 0 Å². The van der Waals surface area contributed by atoms with Crippen molar-refractivity contribution in [2.75, 3.05) is 13.7 Å².